The van der Waals surface area contributed by atoms with Crippen LogP contribution in [0.5, 0.6) is 0 Å². The first-order valence-electron chi connectivity index (χ1n) is 6.44. The van der Waals surface area contributed by atoms with Crippen molar-refractivity contribution in [3.8, 4) is 11.5 Å². The van der Waals surface area contributed by atoms with Gasteiger partial charge < -0.3 is 9.73 Å². The van der Waals surface area contributed by atoms with E-state index in [1.165, 1.54) is 0 Å². The molecule has 0 spiro atoms. The second kappa shape index (κ2) is 6.00. The van der Waals surface area contributed by atoms with Crippen LogP contribution in [0.3, 0.4) is 0 Å². The van der Waals surface area contributed by atoms with Crippen LogP contribution in [0.1, 0.15) is 0 Å². The highest BCUT2D eigenvalue weighted by Gasteiger charge is 2.09. The Balaban J connectivity index is 1.90. The Morgan fingerprint density at radius 1 is 1.27 bits per heavy atom. The van der Waals surface area contributed by atoms with E-state index in [2.05, 4.69) is 31.1 Å². The molecule has 1 heterocycles. The van der Waals surface area contributed by atoms with Gasteiger partial charge in [0.25, 0.3) is 0 Å². The van der Waals surface area contributed by atoms with Crippen LogP contribution in [0.4, 0.5) is 11.4 Å². The third-order valence-corrected chi connectivity index (χ3v) is 3.55. The molecule has 0 aliphatic heterocycles. The van der Waals surface area contributed by atoms with E-state index in [0.29, 0.717) is 28.4 Å². The Morgan fingerprint density at radius 3 is 2.73 bits per heavy atom. The van der Waals surface area contributed by atoms with Gasteiger partial charge in [0.05, 0.1) is 17.4 Å². The zero-order chi connectivity index (χ0) is 15.5. The Hall–Kier alpha value is -2.65. The van der Waals surface area contributed by atoms with Gasteiger partial charge >= 0.3 is 0 Å². The number of carbonyl (C=O) groups is 1. The van der Waals surface area contributed by atoms with E-state index in [1.54, 1.807) is 30.3 Å². The molecule has 2 aromatic carbocycles. The molecule has 5 nitrogen and oxygen atoms in total. The summed E-state index contributed by atoms with van der Waals surface area (Å²) in [6.45, 7) is 7.01. The molecule has 0 bridgehead atoms. The zero-order valence-corrected chi connectivity index (χ0v) is 12.9. The quantitative estimate of drug-likeness (QED) is 0.560. The minimum absolute atomic E-state index is 0.110. The lowest BCUT2D eigenvalue weighted by Crippen LogP contribution is -2.11. The molecule has 0 saturated carbocycles. The predicted molar refractivity (Wildman–Crippen MR) is 88.1 cm³/mol. The highest BCUT2D eigenvalue weighted by Crippen LogP contribution is 2.27. The van der Waals surface area contributed by atoms with E-state index in [0.717, 1.165) is 5.56 Å². The summed E-state index contributed by atoms with van der Waals surface area (Å²) in [5.41, 5.74) is 3.33. The second-order valence-electron chi connectivity index (χ2n) is 4.54. The SMILES string of the molecule is [C-]#[N+]c1ccc2oc(-c3ccc(NC(=O)CBr)cc3)nc2c1. The van der Waals surface area contributed by atoms with Gasteiger partial charge in [-0.3, -0.25) is 4.79 Å². The first-order chi connectivity index (χ1) is 10.7. The number of hydrogen-bond donors (Lipinski definition) is 1. The van der Waals surface area contributed by atoms with E-state index in [1.807, 2.05) is 12.1 Å². The number of aromatic nitrogens is 1. The second-order valence-corrected chi connectivity index (χ2v) is 5.10. The number of hydrogen-bond acceptors (Lipinski definition) is 3. The van der Waals surface area contributed by atoms with Crippen LogP contribution in [0, 0.1) is 6.57 Å². The number of amides is 1. The lowest BCUT2D eigenvalue weighted by atomic mass is 10.2. The molecular formula is C16H10BrN3O2. The van der Waals surface area contributed by atoms with E-state index in [9.17, 15) is 4.79 Å². The van der Waals surface area contributed by atoms with Crippen LogP contribution < -0.4 is 5.32 Å². The molecule has 0 radical (unpaired) electrons. The number of nitrogens with one attached hydrogen (secondary N) is 1. The van der Waals surface area contributed by atoms with E-state index < -0.39 is 0 Å². The predicted octanol–water partition coefficient (Wildman–Crippen LogP) is 4.38. The summed E-state index contributed by atoms with van der Waals surface area (Å²) in [6.07, 6.45) is 0. The molecule has 1 N–H and O–H groups in total. The van der Waals surface area contributed by atoms with Crippen molar-refractivity contribution in [3.05, 3.63) is 53.9 Å². The minimum atomic E-state index is -0.110. The van der Waals surface area contributed by atoms with Gasteiger partial charge in [0, 0.05) is 11.3 Å². The molecule has 0 aliphatic carbocycles. The average Bonchev–Trinajstić information content (AvgIpc) is 2.98. The number of fused-ring (bicyclic) bond motifs is 1. The summed E-state index contributed by atoms with van der Waals surface area (Å²) in [5, 5.41) is 3.00. The van der Waals surface area contributed by atoms with Crippen molar-refractivity contribution in [1.29, 1.82) is 0 Å². The van der Waals surface area contributed by atoms with Gasteiger partial charge in [0.1, 0.15) is 0 Å². The first kappa shape index (κ1) is 14.3. The van der Waals surface area contributed by atoms with Crippen LogP contribution in [0.25, 0.3) is 27.4 Å². The Bertz CT molecular complexity index is 879. The van der Waals surface area contributed by atoms with Gasteiger partial charge in [0.15, 0.2) is 11.3 Å². The Kier molecular flexibility index (Phi) is 3.90. The van der Waals surface area contributed by atoms with Gasteiger partial charge in [-0.25, -0.2) is 9.83 Å². The van der Waals surface area contributed by atoms with E-state index in [4.69, 9.17) is 11.0 Å². The number of halogens is 1. The normalized spacial score (nSPS) is 10.4. The fraction of sp³-hybridized carbons (Fsp3) is 0.0625. The lowest BCUT2D eigenvalue weighted by molar-refractivity contribution is -0.113. The number of alkyl halides is 1. The largest absolute Gasteiger partial charge is 0.436 e. The van der Waals surface area contributed by atoms with Crippen LogP contribution in [-0.2, 0) is 4.79 Å². The molecule has 108 valence electrons. The third kappa shape index (κ3) is 2.85. The number of anilines is 1. The van der Waals surface area contributed by atoms with Crippen molar-refractivity contribution in [3.63, 3.8) is 0 Å². The van der Waals surface area contributed by atoms with Crippen molar-refractivity contribution in [1.82, 2.24) is 4.98 Å². The summed E-state index contributed by atoms with van der Waals surface area (Å²) in [6, 6.07) is 12.4. The average molecular weight is 356 g/mol. The van der Waals surface area contributed by atoms with Crippen LogP contribution in [0.2, 0.25) is 0 Å². The van der Waals surface area contributed by atoms with Crippen molar-refractivity contribution in [2.75, 3.05) is 10.6 Å². The van der Waals surface area contributed by atoms with Crippen molar-refractivity contribution >= 4 is 44.3 Å². The molecule has 3 aromatic rings. The maximum atomic E-state index is 11.3. The van der Waals surface area contributed by atoms with Gasteiger partial charge in [-0.15, -0.1) is 0 Å². The third-order valence-electron chi connectivity index (χ3n) is 3.04. The molecule has 0 fully saturated rings. The molecule has 0 aliphatic rings. The number of oxazole rings is 1. The minimum Gasteiger partial charge on any atom is -0.436 e. The highest BCUT2D eigenvalue weighted by atomic mass is 79.9. The van der Waals surface area contributed by atoms with Gasteiger partial charge in [-0.1, -0.05) is 22.0 Å². The summed E-state index contributed by atoms with van der Waals surface area (Å²) in [7, 11) is 0. The molecular weight excluding hydrogens is 346 g/mol. The highest BCUT2D eigenvalue weighted by molar-refractivity contribution is 9.09. The Morgan fingerprint density at radius 2 is 2.05 bits per heavy atom. The molecule has 0 atom stereocenters. The molecule has 0 unspecified atom stereocenters. The molecule has 0 saturated heterocycles. The number of rotatable bonds is 3. The fourth-order valence-electron chi connectivity index (χ4n) is 2.00. The van der Waals surface area contributed by atoms with Gasteiger partial charge in [-0.05, 0) is 36.4 Å². The maximum Gasteiger partial charge on any atom is 0.235 e. The first-order valence-corrected chi connectivity index (χ1v) is 7.56. The van der Waals surface area contributed by atoms with E-state index in [-0.39, 0.29) is 11.2 Å². The van der Waals surface area contributed by atoms with Crippen LogP contribution >= 0.6 is 15.9 Å². The standard InChI is InChI=1S/C16H10BrN3O2/c1-18-12-6-7-14-13(8-12)20-16(22-14)10-2-4-11(5-3-10)19-15(21)9-17/h2-8H,9H2,(H,19,21). The lowest BCUT2D eigenvalue weighted by Gasteiger charge is -2.03. The zero-order valence-electron chi connectivity index (χ0n) is 11.3. The molecule has 3 rings (SSSR count). The van der Waals surface area contributed by atoms with Crippen LogP contribution in [0.15, 0.2) is 46.9 Å². The summed E-state index contributed by atoms with van der Waals surface area (Å²) < 4.78 is 5.69. The van der Waals surface area contributed by atoms with Crippen molar-refractivity contribution in [2.24, 2.45) is 0 Å². The number of carbonyl (C=O) groups excluding carboxylic acids is 1. The van der Waals surface area contributed by atoms with Gasteiger partial charge in [0.2, 0.25) is 11.8 Å². The molecule has 1 amide bonds. The molecule has 22 heavy (non-hydrogen) atoms. The van der Waals surface area contributed by atoms with Crippen LogP contribution in [-0.4, -0.2) is 16.2 Å². The monoisotopic (exact) mass is 355 g/mol. The van der Waals surface area contributed by atoms with Crippen molar-refractivity contribution < 1.29 is 9.21 Å². The Labute approximate surface area is 134 Å². The smallest absolute Gasteiger partial charge is 0.235 e. The van der Waals surface area contributed by atoms with Crippen molar-refractivity contribution in [2.45, 2.75) is 0 Å². The topological polar surface area (TPSA) is 59.5 Å². The summed E-state index contributed by atoms with van der Waals surface area (Å²) >= 11 is 3.10. The summed E-state index contributed by atoms with van der Waals surface area (Å²) in [4.78, 5) is 19.1. The van der Waals surface area contributed by atoms with E-state index >= 15 is 0 Å². The summed E-state index contributed by atoms with van der Waals surface area (Å²) in [5.74, 6) is 0.372. The van der Waals surface area contributed by atoms with Gasteiger partial charge in [-0.2, -0.15) is 0 Å². The fourth-order valence-corrected chi connectivity index (χ4v) is 2.14. The maximum absolute atomic E-state index is 11.3. The number of nitrogens with zero attached hydrogens (tertiary/aromatic N) is 2. The molecule has 6 heteroatoms. The number of benzene rings is 2. The molecule has 1 aromatic heterocycles.